The number of amides is 2. The number of hydrogen-bond acceptors (Lipinski definition) is 5. The highest BCUT2D eigenvalue weighted by molar-refractivity contribution is 6.07. The fourth-order valence-electron chi connectivity index (χ4n) is 3.99. The quantitative estimate of drug-likeness (QED) is 0.349. The van der Waals surface area contributed by atoms with Crippen LogP contribution in [0.5, 0.6) is 0 Å². The number of aromatic nitrogens is 3. The maximum atomic E-state index is 12.8. The highest BCUT2D eigenvalue weighted by Crippen LogP contribution is 2.24. The Balaban J connectivity index is 1.34. The van der Waals surface area contributed by atoms with Gasteiger partial charge in [-0.15, -0.1) is 0 Å². The summed E-state index contributed by atoms with van der Waals surface area (Å²) in [6.45, 7) is 1.88. The molecule has 0 unspecified atom stereocenters. The Bertz CT molecular complexity index is 1630. The first-order valence-corrected chi connectivity index (χ1v) is 11.0. The van der Waals surface area contributed by atoms with E-state index in [0.29, 0.717) is 17.1 Å². The highest BCUT2D eigenvalue weighted by atomic mass is 16.2. The van der Waals surface area contributed by atoms with E-state index in [1.807, 2.05) is 55.1 Å². The van der Waals surface area contributed by atoms with Gasteiger partial charge in [0, 0.05) is 45.7 Å². The maximum absolute atomic E-state index is 12.8. The molecule has 5 rings (SSSR count). The van der Waals surface area contributed by atoms with Crippen LogP contribution in [-0.4, -0.2) is 21.8 Å². The highest BCUT2D eigenvalue weighted by Gasteiger charge is 2.14. The van der Waals surface area contributed by atoms with Crippen molar-refractivity contribution in [3.8, 4) is 0 Å². The summed E-state index contributed by atoms with van der Waals surface area (Å²) in [5, 5.41) is 7.41. The third-order valence-electron chi connectivity index (χ3n) is 5.69. The van der Waals surface area contributed by atoms with Crippen LogP contribution in [0.15, 0.2) is 79.0 Å². The molecule has 3 aromatic heterocycles. The van der Waals surface area contributed by atoms with Crippen molar-refractivity contribution in [3.63, 3.8) is 0 Å². The Morgan fingerprint density at radius 3 is 2.26 bits per heavy atom. The van der Waals surface area contributed by atoms with E-state index in [1.54, 1.807) is 42.5 Å². The monoisotopic (exact) mass is 463 g/mol. The summed E-state index contributed by atoms with van der Waals surface area (Å²) in [6, 6.07) is 21.4. The molecule has 0 bridgehead atoms. The molecular weight excluding hydrogens is 440 g/mol. The van der Waals surface area contributed by atoms with Gasteiger partial charge >= 0.3 is 0 Å². The SMILES string of the molecule is Cc1cc(N)c2cc(NC(=O)c3cccc(C(=O)Nc4ccc5c(ccc[n+]5C)c4)n3)ccc2n1. The smallest absolute Gasteiger partial charge is 0.274 e. The lowest BCUT2D eigenvalue weighted by Gasteiger charge is -2.09. The van der Waals surface area contributed by atoms with Gasteiger partial charge in [0.05, 0.1) is 5.52 Å². The molecule has 0 aliphatic rings. The van der Waals surface area contributed by atoms with Crippen molar-refractivity contribution in [3.05, 3.63) is 96.1 Å². The van der Waals surface area contributed by atoms with Gasteiger partial charge in [-0.1, -0.05) is 6.07 Å². The molecule has 0 aliphatic carbocycles. The fourth-order valence-corrected chi connectivity index (χ4v) is 3.99. The number of nitrogens with one attached hydrogen (secondary N) is 2. The van der Waals surface area contributed by atoms with Crippen molar-refractivity contribution in [1.29, 1.82) is 0 Å². The lowest BCUT2D eigenvalue weighted by Crippen LogP contribution is -2.27. The van der Waals surface area contributed by atoms with Crippen molar-refractivity contribution in [2.75, 3.05) is 16.4 Å². The van der Waals surface area contributed by atoms with E-state index < -0.39 is 11.8 Å². The fraction of sp³-hybridized carbons (Fsp3) is 0.0741. The lowest BCUT2D eigenvalue weighted by molar-refractivity contribution is -0.644. The topological polar surface area (TPSA) is 114 Å². The summed E-state index contributed by atoms with van der Waals surface area (Å²) in [5.41, 5.74) is 10.8. The summed E-state index contributed by atoms with van der Waals surface area (Å²) >= 11 is 0. The number of nitrogens with two attached hydrogens (primary N) is 1. The van der Waals surface area contributed by atoms with Crippen molar-refractivity contribution in [1.82, 2.24) is 9.97 Å². The summed E-state index contributed by atoms with van der Waals surface area (Å²) in [7, 11) is 1.96. The first kappa shape index (κ1) is 22.0. The average Bonchev–Trinajstić information content (AvgIpc) is 2.84. The van der Waals surface area contributed by atoms with Crippen LogP contribution in [0.2, 0.25) is 0 Å². The molecule has 0 saturated heterocycles. The normalized spacial score (nSPS) is 10.9. The van der Waals surface area contributed by atoms with Crippen LogP contribution in [0.4, 0.5) is 17.1 Å². The van der Waals surface area contributed by atoms with Crippen LogP contribution in [0.25, 0.3) is 21.8 Å². The molecule has 0 aliphatic heterocycles. The van der Waals surface area contributed by atoms with Crippen LogP contribution in [0.3, 0.4) is 0 Å². The van der Waals surface area contributed by atoms with Gasteiger partial charge in [-0.3, -0.25) is 14.6 Å². The number of rotatable bonds is 4. The van der Waals surface area contributed by atoms with Gasteiger partial charge in [-0.25, -0.2) is 9.55 Å². The van der Waals surface area contributed by atoms with E-state index in [0.717, 1.165) is 27.5 Å². The van der Waals surface area contributed by atoms with Crippen LogP contribution in [0.1, 0.15) is 26.7 Å². The molecule has 3 heterocycles. The maximum Gasteiger partial charge on any atom is 0.274 e. The standard InChI is InChI=1S/C27H22N6O2/c1-16-13-21(28)20-15-19(8-10-22(20)29-16)31-27(35)24-7-3-6-23(32-24)26(34)30-18-9-11-25-17(14-18)5-4-12-33(25)2/h3-15H,1-2H3,(H3-,28,29,30,31,32,34,35)/p+1. The molecule has 0 radical (unpaired) electrons. The van der Waals surface area contributed by atoms with Gasteiger partial charge in [0.1, 0.15) is 18.4 Å². The molecule has 4 N–H and O–H groups in total. The van der Waals surface area contributed by atoms with E-state index >= 15 is 0 Å². The number of fused-ring (bicyclic) bond motifs is 2. The molecule has 5 aromatic rings. The third-order valence-corrected chi connectivity index (χ3v) is 5.69. The number of nitrogens with zero attached hydrogens (tertiary/aromatic N) is 3. The van der Waals surface area contributed by atoms with Crippen LogP contribution >= 0.6 is 0 Å². The number of anilines is 3. The van der Waals surface area contributed by atoms with Crippen LogP contribution < -0.4 is 20.9 Å². The number of hydrogen-bond donors (Lipinski definition) is 3. The second kappa shape index (κ2) is 8.83. The average molecular weight is 464 g/mol. The number of benzene rings is 2. The van der Waals surface area contributed by atoms with E-state index in [9.17, 15) is 9.59 Å². The number of carbonyl (C=O) groups excluding carboxylic acids is 2. The largest absolute Gasteiger partial charge is 0.398 e. The Morgan fingerprint density at radius 2 is 1.51 bits per heavy atom. The van der Waals surface area contributed by atoms with Gasteiger partial charge in [0.25, 0.3) is 11.8 Å². The molecule has 2 aromatic carbocycles. The zero-order valence-corrected chi connectivity index (χ0v) is 19.2. The van der Waals surface area contributed by atoms with Gasteiger partial charge in [0.2, 0.25) is 5.52 Å². The molecular formula is C27H23N6O2+. The van der Waals surface area contributed by atoms with E-state index in [1.165, 1.54) is 0 Å². The van der Waals surface area contributed by atoms with E-state index in [4.69, 9.17) is 5.73 Å². The summed E-state index contributed by atoms with van der Waals surface area (Å²) in [4.78, 5) is 34.4. The Kier molecular flexibility index (Phi) is 5.54. The lowest BCUT2D eigenvalue weighted by atomic mass is 10.1. The van der Waals surface area contributed by atoms with Gasteiger partial charge in [-0.05, 0) is 61.5 Å². The van der Waals surface area contributed by atoms with E-state index in [-0.39, 0.29) is 11.4 Å². The number of carbonyl (C=O) groups is 2. The van der Waals surface area contributed by atoms with Gasteiger partial charge in [0.15, 0.2) is 6.20 Å². The van der Waals surface area contributed by atoms with Crippen LogP contribution in [-0.2, 0) is 7.05 Å². The van der Waals surface area contributed by atoms with Crippen molar-refractivity contribution >= 4 is 50.7 Å². The predicted molar refractivity (Wildman–Crippen MR) is 136 cm³/mol. The van der Waals surface area contributed by atoms with Gasteiger partial charge < -0.3 is 16.4 Å². The molecule has 0 fully saturated rings. The Morgan fingerprint density at radius 1 is 0.829 bits per heavy atom. The summed E-state index contributed by atoms with van der Waals surface area (Å²) in [5.74, 6) is -0.838. The van der Waals surface area contributed by atoms with Crippen LogP contribution in [0, 0.1) is 6.92 Å². The zero-order chi connectivity index (χ0) is 24.5. The molecule has 0 saturated carbocycles. The van der Waals surface area contributed by atoms with Gasteiger partial charge in [-0.2, -0.15) is 0 Å². The number of pyridine rings is 3. The second-order valence-electron chi connectivity index (χ2n) is 8.29. The molecule has 35 heavy (non-hydrogen) atoms. The van der Waals surface area contributed by atoms with Crippen molar-refractivity contribution in [2.24, 2.45) is 7.05 Å². The third kappa shape index (κ3) is 4.49. The first-order valence-electron chi connectivity index (χ1n) is 11.0. The molecule has 0 spiro atoms. The predicted octanol–water partition coefficient (Wildman–Crippen LogP) is 4.00. The Hall–Kier alpha value is -4.85. The van der Waals surface area contributed by atoms with E-state index in [2.05, 4.69) is 20.6 Å². The summed E-state index contributed by atoms with van der Waals surface area (Å²) in [6.07, 6.45) is 1.96. The second-order valence-corrected chi connectivity index (χ2v) is 8.29. The molecule has 8 nitrogen and oxygen atoms in total. The Labute approximate surface area is 201 Å². The minimum absolute atomic E-state index is 0.123. The zero-order valence-electron chi connectivity index (χ0n) is 19.2. The molecule has 172 valence electrons. The molecule has 8 heteroatoms. The van der Waals surface area contributed by atoms with Crippen molar-refractivity contribution < 1.29 is 14.2 Å². The number of aryl methyl sites for hydroxylation is 2. The first-order chi connectivity index (χ1) is 16.9. The minimum Gasteiger partial charge on any atom is -0.398 e. The minimum atomic E-state index is -0.434. The summed E-state index contributed by atoms with van der Waals surface area (Å²) < 4.78 is 2.01. The van der Waals surface area contributed by atoms with Crippen molar-refractivity contribution in [2.45, 2.75) is 6.92 Å². The number of nitrogen functional groups attached to an aromatic ring is 1. The molecule has 2 amide bonds. The molecule has 0 atom stereocenters.